The van der Waals surface area contributed by atoms with Crippen LogP contribution < -0.4 is 0 Å². The van der Waals surface area contributed by atoms with Crippen LogP contribution in [0.25, 0.3) is 22.3 Å². The summed E-state index contributed by atoms with van der Waals surface area (Å²) in [6.07, 6.45) is 0. The second-order valence-electron chi connectivity index (χ2n) is 4.17. The normalized spacial score (nSPS) is 11.2. The van der Waals surface area contributed by atoms with E-state index in [0.717, 1.165) is 17.0 Å². The zero-order valence-corrected chi connectivity index (χ0v) is 12.1. The number of hydrogen-bond donors (Lipinski definition) is 1. The summed E-state index contributed by atoms with van der Waals surface area (Å²) in [5.41, 5.74) is 3.69. The van der Waals surface area contributed by atoms with Crippen LogP contribution in [-0.2, 0) is 0 Å². The topological polar surface area (TPSA) is 41.6 Å². The Morgan fingerprint density at radius 1 is 1.00 bits per heavy atom. The van der Waals surface area contributed by atoms with Gasteiger partial charge in [0, 0.05) is 16.3 Å². The zero-order chi connectivity index (χ0) is 13.6. The predicted octanol–water partition coefficient (Wildman–Crippen LogP) is 4.89. The van der Waals surface area contributed by atoms with Crippen molar-refractivity contribution < 1.29 is 0 Å². The van der Waals surface area contributed by atoms with Crippen LogP contribution in [0.3, 0.4) is 0 Å². The molecule has 2 aromatic heterocycles. The number of fused-ring (bicyclic) bond motifs is 1. The van der Waals surface area contributed by atoms with Crippen LogP contribution in [0.2, 0.25) is 15.1 Å². The molecule has 3 aromatic rings. The lowest BCUT2D eigenvalue weighted by atomic mass is 10.1. The molecule has 0 radical (unpaired) electrons. The maximum absolute atomic E-state index is 6.21. The molecule has 0 atom stereocenters. The molecular weight excluding hydrogens is 305 g/mol. The molecule has 1 aromatic carbocycles. The monoisotopic (exact) mass is 311 g/mol. The van der Waals surface area contributed by atoms with E-state index >= 15 is 0 Å². The van der Waals surface area contributed by atoms with Crippen molar-refractivity contribution in [1.29, 1.82) is 0 Å². The lowest BCUT2D eigenvalue weighted by Crippen LogP contribution is -1.85. The largest absolute Gasteiger partial charge is 0.275 e. The van der Waals surface area contributed by atoms with Crippen LogP contribution in [0.1, 0.15) is 5.69 Å². The highest BCUT2D eigenvalue weighted by Crippen LogP contribution is 2.34. The third-order valence-corrected chi connectivity index (χ3v) is 3.63. The first-order chi connectivity index (χ1) is 9.06. The predicted molar refractivity (Wildman–Crippen MR) is 79.1 cm³/mol. The SMILES string of the molecule is Cc1cc(Cl)c2n[nH]c(-c3ccc(Cl)cc3Cl)c2n1. The van der Waals surface area contributed by atoms with Crippen LogP contribution in [0, 0.1) is 6.92 Å². The third kappa shape index (κ3) is 2.18. The average molecular weight is 313 g/mol. The molecule has 19 heavy (non-hydrogen) atoms. The van der Waals surface area contributed by atoms with Crippen molar-refractivity contribution in [3.05, 3.63) is 45.0 Å². The van der Waals surface area contributed by atoms with Crippen molar-refractivity contribution in [2.45, 2.75) is 6.92 Å². The molecule has 3 nitrogen and oxygen atoms in total. The van der Waals surface area contributed by atoms with Crippen molar-refractivity contribution in [3.63, 3.8) is 0 Å². The van der Waals surface area contributed by atoms with Gasteiger partial charge in [-0.25, -0.2) is 4.98 Å². The van der Waals surface area contributed by atoms with Crippen molar-refractivity contribution in [2.24, 2.45) is 0 Å². The minimum atomic E-state index is 0.539. The summed E-state index contributed by atoms with van der Waals surface area (Å²) >= 11 is 18.3. The fourth-order valence-electron chi connectivity index (χ4n) is 1.95. The van der Waals surface area contributed by atoms with Crippen molar-refractivity contribution in [2.75, 3.05) is 0 Å². The number of rotatable bonds is 1. The fourth-order valence-corrected chi connectivity index (χ4v) is 2.74. The molecular formula is C13H8Cl3N3. The minimum absolute atomic E-state index is 0.539. The highest BCUT2D eigenvalue weighted by Gasteiger charge is 2.15. The Hall–Kier alpha value is -1.29. The second-order valence-corrected chi connectivity index (χ2v) is 5.42. The lowest BCUT2D eigenvalue weighted by molar-refractivity contribution is 1.12. The van der Waals surface area contributed by atoms with Gasteiger partial charge in [0.05, 0.1) is 15.7 Å². The van der Waals surface area contributed by atoms with Crippen molar-refractivity contribution in [1.82, 2.24) is 15.2 Å². The van der Waals surface area contributed by atoms with E-state index in [2.05, 4.69) is 15.2 Å². The highest BCUT2D eigenvalue weighted by atomic mass is 35.5. The number of H-pyrrole nitrogens is 1. The van der Waals surface area contributed by atoms with Crippen molar-refractivity contribution in [3.8, 4) is 11.3 Å². The summed E-state index contributed by atoms with van der Waals surface area (Å²) in [4.78, 5) is 4.47. The second kappa shape index (κ2) is 4.67. The number of hydrogen-bond acceptors (Lipinski definition) is 2. The molecule has 96 valence electrons. The number of benzene rings is 1. The first kappa shape index (κ1) is 12.7. The standard InChI is InChI=1S/C13H8Cl3N3/c1-6-4-10(16)12-13(17-6)11(18-19-12)8-3-2-7(14)5-9(8)15/h2-5H,1H3,(H,18,19). The van der Waals surface area contributed by atoms with Crippen LogP contribution >= 0.6 is 34.8 Å². The van der Waals surface area contributed by atoms with Gasteiger partial charge >= 0.3 is 0 Å². The maximum Gasteiger partial charge on any atom is 0.130 e. The number of halogens is 3. The van der Waals surface area contributed by atoms with E-state index in [1.54, 1.807) is 18.2 Å². The van der Waals surface area contributed by atoms with Gasteiger partial charge in [-0.15, -0.1) is 0 Å². The van der Waals surface area contributed by atoms with E-state index in [-0.39, 0.29) is 0 Å². The van der Waals surface area contributed by atoms with Gasteiger partial charge in [-0.1, -0.05) is 34.8 Å². The van der Waals surface area contributed by atoms with Gasteiger partial charge in [0.25, 0.3) is 0 Å². The van der Waals surface area contributed by atoms with Gasteiger partial charge in [-0.05, 0) is 31.2 Å². The first-order valence-corrected chi connectivity index (χ1v) is 6.66. The van der Waals surface area contributed by atoms with Gasteiger partial charge < -0.3 is 0 Å². The van der Waals surface area contributed by atoms with E-state index in [0.29, 0.717) is 26.1 Å². The number of aryl methyl sites for hydroxylation is 1. The molecule has 3 rings (SSSR count). The Bertz CT molecular complexity index is 780. The van der Waals surface area contributed by atoms with Gasteiger partial charge in [0.15, 0.2) is 0 Å². The molecule has 0 saturated heterocycles. The third-order valence-electron chi connectivity index (χ3n) is 2.79. The summed E-state index contributed by atoms with van der Waals surface area (Å²) < 4.78 is 0. The number of pyridine rings is 1. The number of aromatic nitrogens is 3. The molecule has 2 heterocycles. The Kier molecular flexibility index (Phi) is 3.13. The Morgan fingerprint density at radius 2 is 1.79 bits per heavy atom. The molecule has 0 aliphatic carbocycles. The number of nitrogens with one attached hydrogen (secondary N) is 1. The first-order valence-electron chi connectivity index (χ1n) is 5.53. The van der Waals surface area contributed by atoms with E-state index < -0.39 is 0 Å². The van der Waals surface area contributed by atoms with Gasteiger partial charge in [-0.2, -0.15) is 5.10 Å². The van der Waals surface area contributed by atoms with Crippen LogP contribution in [0.4, 0.5) is 0 Å². The zero-order valence-electron chi connectivity index (χ0n) is 9.84. The molecule has 1 N–H and O–H groups in total. The summed E-state index contributed by atoms with van der Waals surface area (Å²) in [6.45, 7) is 1.88. The minimum Gasteiger partial charge on any atom is -0.275 e. The van der Waals surface area contributed by atoms with Gasteiger partial charge in [-0.3, -0.25) is 5.10 Å². The molecule has 0 saturated carbocycles. The smallest absolute Gasteiger partial charge is 0.130 e. The molecule has 0 aliphatic heterocycles. The summed E-state index contributed by atoms with van der Waals surface area (Å²) in [7, 11) is 0. The van der Waals surface area contributed by atoms with Crippen LogP contribution in [0.15, 0.2) is 24.3 Å². The molecule has 0 amide bonds. The van der Waals surface area contributed by atoms with E-state index in [9.17, 15) is 0 Å². The average Bonchev–Trinajstić information content (AvgIpc) is 2.73. The quantitative estimate of drug-likeness (QED) is 0.695. The van der Waals surface area contributed by atoms with E-state index in [1.807, 2.05) is 13.0 Å². The van der Waals surface area contributed by atoms with Crippen molar-refractivity contribution >= 4 is 45.8 Å². The molecule has 0 fully saturated rings. The Morgan fingerprint density at radius 3 is 2.53 bits per heavy atom. The summed E-state index contributed by atoms with van der Waals surface area (Å²) in [5.74, 6) is 0. The summed E-state index contributed by atoms with van der Waals surface area (Å²) in [6, 6.07) is 7.06. The van der Waals surface area contributed by atoms with Crippen LogP contribution in [0.5, 0.6) is 0 Å². The highest BCUT2D eigenvalue weighted by molar-refractivity contribution is 6.37. The van der Waals surface area contributed by atoms with E-state index in [1.165, 1.54) is 0 Å². The molecule has 0 unspecified atom stereocenters. The van der Waals surface area contributed by atoms with Gasteiger partial charge in [0.2, 0.25) is 0 Å². The lowest BCUT2D eigenvalue weighted by Gasteiger charge is -2.03. The molecule has 0 bridgehead atoms. The Balaban J connectivity index is 2.31. The molecule has 6 heteroatoms. The fraction of sp³-hybridized carbons (Fsp3) is 0.0769. The number of nitrogens with zero attached hydrogens (tertiary/aromatic N) is 2. The van der Waals surface area contributed by atoms with E-state index in [4.69, 9.17) is 34.8 Å². The van der Waals surface area contributed by atoms with Crippen LogP contribution in [-0.4, -0.2) is 15.2 Å². The molecule has 0 spiro atoms. The summed E-state index contributed by atoms with van der Waals surface area (Å²) in [5, 5.41) is 8.81. The Labute approximate surface area is 124 Å². The number of aromatic amines is 1. The van der Waals surface area contributed by atoms with Gasteiger partial charge in [0.1, 0.15) is 11.0 Å². The molecule has 0 aliphatic rings. The maximum atomic E-state index is 6.21.